The Morgan fingerprint density at radius 3 is 2.21 bits per heavy atom. The van der Waals surface area contributed by atoms with Crippen molar-refractivity contribution in [3.63, 3.8) is 0 Å². The molecule has 0 aliphatic carbocycles. The van der Waals surface area contributed by atoms with Crippen molar-refractivity contribution in [1.29, 1.82) is 0 Å². The summed E-state index contributed by atoms with van der Waals surface area (Å²) in [5.41, 5.74) is 7.54. The Morgan fingerprint density at radius 1 is 1.21 bits per heavy atom. The van der Waals surface area contributed by atoms with Gasteiger partial charge in [0.25, 0.3) is 0 Å². The van der Waals surface area contributed by atoms with Crippen LogP contribution < -0.4 is 22.9 Å². The fourth-order valence-corrected chi connectivity index (χ4v) is 2.08. The molecule has 0 unspecified atom stereocenters. The molecule has 0 atom stereocenters. The van der Waals surface area contributed by atoms with Crippen molar-refractivity contribution < 1.29 is 31.8 Å². The van der Waals surface area contributed by atoms with Gasteiger partial charge in [-0.15, -0.1) is 0 Å². The number of nitrogens with two attached hydrogens (primary N) is 1. The van der Waals surface area contributed by atoms with Crippen LogP contribution in [0.25, 0.3) is 0 Å². The zero-order chi connectivity index (χ0) is 13.6. The van der Waals surface area contributed by atoms with Gasteiger partial charge in [-0.25, -0.2) is 0 Å². The molecule has 0 fully saturated rings. The third-order valence-corrected chi connectivity index (χ3v) is 3.14. The molecule has 6 heteroatoms. The molecule has 1 aromatic rings. The number of methoxy groups -OCH3 is 1. The standard InChI is InChI=1S/C13H23N2O3.ClH/c1-15(5-7-16,6-8-17)10-11-3-4-13(18-2)12(14)9-11;/h3-4,9,16-17H,5-8,10,14H2,1-2H3;1H/q+1;/p-1. The van der Waals surface area contributed by atoms with E-state index in [0.29, 0.717) is 29.0 Å². The van der Waals surface area contributed by atoms with Gasteiger partial charge in [-0.1, -0.05) is 0 Å². The van der Waals surface area contributed by atoms with Crippen molar-refractivity contribution in [2.45, 2.75) is 6.54 Å². The van der Waals surface area contributed by atoms with Crippen molar-refractivity contribution in [2.24, 2.45) is 0 Å². The highest BCUT2D eigenvalue weighted by Crippen LogP contribution is 2.23. The second-order valence-corrected chi connectivity index (χ2v) is 4.75. The first-order valence-corrected chi connectivity index (χ1v) is 6.02. The minimum absolute atomic E-state index is 0. The van der Waals surface area contributed by atoms with Crippen molar-refractivity contribution in [2.75, 3.05) is 46.2 Å². The summed E-state index contributed by atoms with van der Waals surface area (Å²) >= 11 is 0. The lowest BCUT2D eigenvalue weighted by molar-refractivity contribution is -0.923. The molecule has 1 rings (SSSR count). The highest BCUT2D eigenvalue weighted by Gasteiger charge is 2.21. The molecule has 0 saturated carbocycles. The molecule has 0 bridgehead atoms. The highest BCUT2D eigenvalue weighted by molar-refractivity contribution is 5.54. The van der Waals surface area contributed by atoms with Gasteiger partial charge in [0, 0.05) is 5.56 Å². The van der Waals surface area contributed by atoms with Gasteiger partial charge >= 0.3 is 0 Å². The SMILES string of the molecule is COc1ccc(C[N+](C)(CCO)CCO)cc1N.[Cl-]. The van der Waals surface area contributed by atoms with Crippen LogP contribution >= 0.6 is 0 Å². The first-order chi connectivity index (χ1) is 8.54. The molecule has 0 spiro atoms. The number of quaternary nitrogens is 1. The molecule has 110 valence electrons. The molecule has 0 amide bonds. The minimum Gasteiger partial charge on any atom is -1.00 e. The first kappa shape index (κ1) is 18.0. The van der Waals surface area contributed by atoms with E-state index >= 15 is 0 Å². The topological polar surface area (TPSA) is 75.7 Å². The Morgan fingerprint density at radius 2 is 1.79 bits per heavy atom. The Kier molecular flexibility index (Phi) is 7.78. The molecule has 19 heavy (non-hydrogen) atoms. The number of benzene rings is 1. The Hall–Kier alpha value is -1.01. The first-order valence-electron chi connectivity index (χ1n) is 6.02. The largest absolute Gasteiger partial charge is 1.00 e. The molecule has 0 radical (unpaired) electrons. The van der Waals surface area contributed by atoms with Gasteiger partial charge < -0.3 is 37.6 Å². The average Bonchev–Trinajstić information content (AvgIpc) is 2.29. The number of nitrogens with zero attached hydrogens (tertiary/aromatic N) is 1. The third-order valence-electron chi connectivity index (χ3n) is 3.14. The molecule has 0 aliphatic rings. The summed E-state index contributed by atoms with van der Waals surface area (Å²) in [6, 6.07) is 5.68. The van der Waals surface area contributed by atoms with E-state index in [4.69, 9.17) is 20.7 Å². The fourth-order valence-electron chi connectivity index (χ4n) is 2.08. The van der Waals surface area contributed by atoms with Crippen LogP contribution in [0.15, 0.2) is 18.2 Å². The molecular weight excluding hydrogens is 268 g/mol. The van der Waals surface area contributed by atoms with Gasteiger partial charge in [-0.3, -0.25) is 0 Å². The van der Waals surface area contributed by atoms with E-state index in [1.54, 1.807) is 7.11 Å². The van der Waals surface area contributed by atoms with Gasteiger partial charge in [-0.05, 0) is 18.2 Å². The number of aliphatic hydroxyl groups excluding tert-OH is 2. The third kappa shape index (κ3) is 5.24. The molecule has 5 nitrogen and oxygen atoms in total. The van der Waals surface area contributed by atoms with E-state index in [0.717, 1.165) is 12.1 Å². The quantitative estimate of drug-likeness (QED) is 0.375. The summed E-state index contributed by atoms with van der Waals surface area (Å²) in [5.74, 6) is 0.664. The van der Waals surface area contributed by atoms with Gasteiger partial charge in [0.1, 0.15) is 25.4 Å². The molecule has 0 heterocycles. The number of likely N-dealkylation sites (N-methyl/N-ethyl adjacent to an activating group) is 1. The molecule has 0 saturated heterocycles. The van der Waals surface area contributed by atoms with Gasteiger partial charge in [0.05, 0.1) is 33.1 Å². The zero-order valence-electron chi connectivity index (χ0n) is 11.5. The van der Waals surface area contributed by atoms with E-state index < -0.39 is 0 Å². The Balaban J connectivity index is 0.00000324. The number of halogens is 1. The van der Waals surface area contributed by atoms with Crippen LogP contribution in [0.3, 0.4) is 0 Å². The number of nitrogen functional groups attached to an aromatic ring is 1. The van der Waals surface area contributed by atoms with Crippen molar-refractivity contribution in [3.05, 3.63) is 23.8 Å². The summed E-state index contributed by atoms with van der Waals surface area (Å²) < 4.78 is 5.70. The Bertz CT molecular complexity index is 382. The fraction of sp³-hybridized carbons (Fsp3) is 0.538. The second kappa shape index (κ2) is 8.22. The van der Waals surface area contributed by atoms with E-state index in [1.165, 1.54) is 0 Å². The van der Waals surface area contributed by atoms with Crippen molar-refractivity contribution in [1.82, 2.24) is 0 Å². The maximum absolute atomic E-state index is 9.10. The van der Waals surface area contributed by atoms with Crippen LogP contribution in [-0.4, -0.2) is 55.2 Å². The molecule has 4 N–H and O–H groups in total. The summed E-state index contributed by atoms with van der Waals surface area (Å²) in [6.07, 6.45) is 0. The van der Waals surface area contributed by atoms with Gasteiger partial charge in [-0.2, -0.15) is 0 Å². The summed E-state index contributed by atoms with van der Waals surface area (Å²) in [5, 5.41) is 18.2. The van der Waals surface area contributed by atoms with Crippen molar-refractivity contribution >= 4 is 5.69 Å². The molecule has 0 aliphatic heterocycles. The summed E-state index contributed by atoms with van der Waals surface area (Å²) in [7, 11) is 3.59. The number of hydrogen-bond donors (Lipinski definition) is 3. The van der Waals surface area contributed by atoms with E-state index in [-0.39, 0.29) is 25.6 Å². The number of aliphatic hydroxyl groups is 2. The van der Waals surface area contributed by atoms with Crippen molar-refractivity contribution in [3.8, 4) is 5.75 Å². The van der Waals surface area contributed by atoms with Gasteiger partial charge in [0.15, 0.2) is 0 Å². The predicted molar refractivity (Wildman–Crippen MR) is 71.2 cm³/mol. The number of ether oxygens (including phenoxy) is 1. The molecule has 1 aromatic carbocycles. The van der Waals surface area contributed by atoms with E-state index in [1.807, 2.05) is 25.2 Å². The van der Waals surface area contributed by atoms with E-state index in [9.17, 15) is 0 Å². The molecular formula is C13H23ClN2O3. The normalized spacial score (nSPS) is 10.9. The zero-order valence-corrected chi connectivity index (χ0v) is 12.2. The summed E-state index contributed by atoms with van der Waals surface area (Å²) in [6.45, 7) is 2.12. The smallest absolute Gasteiger partial charge is 0.141 e. The molecule has 0 aromatic heterocycles. The maximum atomic E-state index is 9.10. The van der Waals surface area contributed by atoms with Crippen LogP contribution in [0, 0.1) is 0 Å². The number of hydrogen-bond acceptors (Lipinski definition) is 4. The highest BCUT2D eigenvalue weighted by atomic mass is 35.5. The van der Waals surface area contributed by atoms with Crippen LogP contribution in [-0.2, 0) is 6.54 Å². The monoisotopic (exact) mass is 290 g/mol. The van der Waals surface area contributed by atoms with Crippen LogP contribution in [0.5, 0.6) is 5.75 Å². The lowest BCUT2D eigenvalue weighted by Gasteiger charge is -2.33. The maximum Gasteiger partial charge on any atom is 0.141 e. The second-order valence-electron chi connectivity index (χ2n) is 4.75. The average molecular weight is 291 g/mol. The van der Waals surface area contributed by atoms with E-state index in [2.05, 4.69) is 0 Å². The minimum atomic E-state index is 0. The lowest BCUT2D eigenvalue weighted by Crippen LogP contribution is -3.00. The number of anilines is 1. The predicted octanol–water partition coefficient (Wildman–Crippen LogP) is -2.79. The number of rotatable bonds is 7. The van der Waals surface area contributed by atoms with Crippen LogP contribution in [0.2, 0.25) is 0 Å². The lowest BCUT2D eigenvalue weighted by atomic mass is 10.1. The van der Waals surface area contributed by atoms with Crippen LogP contribution in [0.4, 0.5) is 5.69 Å². The Labute approximate surface area is 120 Å². The summed E-state index contributed by atoms with van der Waals surface area (Å²) in [4.78, 5) is 0. The van der Waals surface area contributed by atoms with Crippen LogP contribution in [0.1, 0.15) is 5.56 Å². The van der Waals surface area contributed by atoms with Gasteiger partial charge in [0.2, 0.25) is 0 Å².